The maximum absolute atomic E-state index is 13.9. The molecule has 0 saturated carbocycles. The van der Waals surface area contributed by atoms with E-state index in [-0.39, 0.29) is 42.8 Å². The van der Waals surface area contributed by atoms with E-state index in [9.17, 15) is 30.4 Å². The van der Waals surface area contributed by atoms with E-state index in [1.54, 1.807) is 17.0 Å². The summed E-state index contributed by atoms with van der Waals surface area (Å²) in [5, 5.41) is 0.813. The number of nitrogens with one attached hydrogen (secondary N) is 1. The molecule has 1 amide bonds. The van der Waals surface area contributed by atoms with Gasteiger partial charge < -0.3 is 4.90 Å². The predicted molar refractivity (Wildman–Crippen MR) is 144 cm³/mol. The van der Waals surface area contributed by atoms with Crippen molar-refractivity contribution in [2.75, 3.05) is 32.7 Å². The Morgan fingerprint density at radius 3 is 2.33 bits per heavy atom. The van der Waals surface area contributed by atoms with Gasteiger partial charge in [0.05, 0.1) is 10.8 Å². The van der Waals surface area contributed by atoms with Crippen LogP contribution >= 0.6 is 0 Å². The molecule has 0 aliphatic carbocycles. The summed E-state index contributed by atoms with van der Waals surface area (Å²) in [4.78, 5) is 15.4. The van der Waals surface area contributed by atoms with Crippen LogP contribution in [0.15, 0.2) is 59.3 Å². The van der Waals surface area contributed by atoms with Gasteiger partial charge in [-0.2, -0.15) is 4.31 Å². The average Bonchev–Trinajstić information content (AvgIpc) is 3.43. The molecule has 0 spiro atoms. The summed E-state index contributed by atoms with van der Waals surface area (Å²) in [7, 11) is -7.43. The first-order chi connectivity index (χ1) is 18.5. The fourth-order valence-corrected chi connectivity index (χ4v) is 7.20. The molecule has 2 aliphatic heterocycles. The van der Waals surface area contributed by atoms with Crippen LogP contribution in [-0.4, -0.2) is 64.7 Å². The lowest BCUT2D eigenvalue weighted by molar-refractivity contribution is -0.133. The second kappa shape index (κ2) is 12.2. The maximum atomic E-state index is 13.9. The number of carbonyl (C=O) groups is 1. The Labute approximate surface area is 228 Å². The second-order valence-corrected chi connectivity index (χ2v) is 13.7. The quantitative estimate of drug-likeness (QED) is 0.464. The Morgan fingerprint density at radius 1 is 1.00 bits per heavy atom. The summed E-state index contributed by atoms with van der Waals surface area (Å²) >= 11 is 0. The van der Waals surface area contributed by atoms with Crippen molar-refractivity contribution < 1.29 is 30.4 Å². The van der Waals surface area contributed by atoms with Crippen LogP contribution in [-0.2, 0) is 31.3 Å². The number of sulfonamides is 2. The Hall–Kier alpha value is -2.67. The van der Waals surface area contributed by atoms with Crippen molar-refractivity contribution in [1.29, 1.82) is 0 Å². The summed E-state index contributed by atoms with van der Waals surface area (Å²) in [6.45, 7) is 5.05. The molecule has 0 radical (unpaired) electrons. The van der Waals surface area contributed by atoms with E-state index in [1.807, 2.05) is 0 Å². The lowest BCUT2D eigenvalue weighted by Gasteiger charge is -2.31. The van der Waals surface area contributed by atoms with Crippen LogP contribution in [0, 0.1) is 17.6 Å². The van der Waals surface area contributed by atoms with Gasteiger partial charge in [0.15, 0.2) is 11.6 Å². The standard InChI is InChI=1S/C27H33F2N3O5S2/c1-2-38(34,35)30-18-21-12-15-32(19-21)39(36,37)23-9-7-22(8-10-23)24(27(33)31-13-4-3-5-14-31)16-20-6-11-25(28)26(29)17-20/h2,6-11,17,21,24,30H,1,3-5,12-16,18-19H2/t21-,24?/m1/s1. The molecular weight excluding hydrogens is 548 g/mol. The first-order valence-corrected chi connectivity index (χ1v) is 15.9. The number of piperidine rings is 1. The summed E-state index contributed by atoms with van der Waals surface area (Å²) in [6.07, 6.45) is 3.49. The van der Waals surface area contributed by atoms with Crippen LogP contribution < -0.4 is 4.72 Å². The minimum Gasteiger partial charge on any atom is -0.342 e. The van der Waals surface area contributed by atoms with Gasteiger partial charge in [-0.05, 0) is 73.4 Å². The minimum atomic E-state index is -3.83. The molecule has 1 unspecified atom stereocenters. The van der Waals surface area contributed by atoms with Crippen LogP contribution in [0.2, 0.25) is 0 Å². The number of nitrogens with zero attached hydrogens (tertiary/aromatic N) is 2. The fourth-order valence-electron chi connectivity index (χ4n) is 5.08. The zero-order valence-corrected chi connectivity index (χ0v) is 23.2. The number of hydrogen-bond donors (Lipinski definition) is 1. The maximum Gasteiger partial charge on any atom is 0.243 e. The molecule has 212 valence electrons. The minimum absolute atomic E-state index is 0.0653. The van der Waals surface area contributed by atoms with Crippen LogP contribution in [0.25, 0.3) is 0 Å². The topological polar surface area (TPSA) is 104 Å². The van der Waals surface area contributed by atoms with Crippen LogP contribution in [0.1, 0.15) is 42.7 Å². The molecular formula is C27H33F2N3O5S2. The summed E-state index contributed by atoms with van der Waals surface area (Å²) in [5.74, 6) is -2.93. The summed E-state index contributed by atoms with van der Waals surface area (Å²) in [6, 6.07) is 9.70. The number of carbonyl (C=O) groups excluding carboxylic acids is 1. The first kappa shape index (κ1) is 29.3. The van der Waals surface area contributed by atoms with Crippen LogP contribution in [0.4, 0.5) is 8.78 Å². The third kappa shape index (κ3) is 7.10. The predicted octanol–water partition coefficient (Wildman–Crippen LogP) is 3.38. The van der Waals surface area contributed by atoms with E-state index in [2.05, 4.69) is 11.3 Å². The summed E-state index contributed by atoms with van der Waals surface area (Å²) in [5.41, 5.74) is 1.06. The largest absolute Gasteiger partial charge is 0.342 e. The highest BCUT2D eigenvalue weighted by Gasteiger charge is 2.33. The van der Waals surface area contributed by atoms with Crippen molar-refractivity contribution in [2.24, 2.45) is 5.92 Å². The molecule has 4 rings (SSSR count). The molecule has 8 nitrogen and oxygen atoms in total. The molecule has 1 N–H and O–H groups in total. The molecule has 2 aromatic carbocycles. The molecule has 39 heavy (non-hydrogen) atoms. The Balaban J connectivity index is 1.52. The first-order valence-electron chi connectivity index (χ1n) is 12.9. The lowest BCUT2D eigenvalue weighted by atomic mass is 9.90. The Kier molecular flexibility index (Phi) is 9.20. The number of amides is 1. The molecule has 2 fully saturated rings. The smallest absolute Gasteiger partial charge is 0.243 e. The number of hydrogen-bond acceptors (Lipinski definition) is 5. The van der Waals surface area contributed by atoms with E-state index in [0.717, 1.165) is 36.8 Å². The molecule has 12 heteroatoms. The molecule has 0 aromatic heterocycles. The van der Waals surface area contributed by atoms with Gasteiger partial charge in [0.1, 0.15) is 0 Å². The number of benzene rings is 2. The number of rotatable bonds is 10. The third-order valence-electron chi connectivity index (χ3n) is 7.35. The molecule has 2 aromatic rings. The zero-order chi connectivity index (χ0) is 28.2. The molecule has 2 atom stereocenters. The van der Waals surface area contributed by atoms with Crippen LogP contribution in [0.3, 0.4) is 0 Å². The summed E-state index contributed by atoms with van der Waals surface area (Å²) < 4.78 is 80.9. The Bertz CT molecular complexity index is 1410. The van der Waals surface area contributed by atoms with E-state index >= 15 is 0 Å². The van der Waals surface area contributed by atoms with Crippen LogP contribution in [0.5, 0.6) is 0 Å². The molecule has 2 saturated heterocycles. The normalized spacial score (nSPS) is 19.6. The number of likely N-dealkylation sites (tertiary alicyclic amines) is 1. The van der Waals surface area contributed by atoms with E-state index in [4.69, 9.17) is 0 Å². The highest BCUT2D eigenvalue weighted by Crippen LogP contribution is 2.29. The van der Waals surface area contributed by atoms with Gasteiger partial charge in [0, 0.05) is 38.1 Å². The highest BCUT2D eigenvalue weighted by atomic mass is 32.2. The van der Waals surface area contributed by atoms with Crippen molar-refractivity contribution in [1.82, 2.24) is 13.9 Å². The van der Waals surface area contributed by atoms with E-state index in [1.165, 1.54) is 22.5 Å². The van der Waals surface area contributed by atoms with Crippen molar-refractivity contribution in [3.63, 3.8) is 0 Å². The third-order valence-corrected chi connectivity index (χ3v) is 10.2. The van der Waals surface area contributed by atoms with Gasteiger partial charge in [0.25, 0.3) is 0 Å². The van der Waals surface area contributed by atoms with E-state index in [0.29, 0.717) is 30.6 Å². The molecule has 2 heterocycles. The van der Waals surface area contributed by atoms with Crippen molar-refractivity contribution in [2.45, 2.75) is 42.9 Å². The highest BCUT2D eigenvalue weighted by molar-refractivity contribution is 7.92. The fraction of sp³-hybridized carbons (Fsp3) is 0.444. The zero-order valence-electron chi connectivity index (χ0n) is 21.6. The molecule has 2 aliphatic rings. The van der Waals surface area contributed by atoms with Gasteiger partial charge >= 0.3 is 0 Å². The van der Waals surface area contributed by atoms with Gasteiger partial charge in [-0.1, -0.05) is 24.8 Å². The van der Waals surface area contributed by atoms with Gasteiger partial charge in [-0.15, -0.1) is 0 Å². The molecule has 0 bridgehead atoms. The number of halogens is 2. The lowest BCUT2D eigenvalue weighted by Crippen LogP contribution is -2.39. The van der Waals surface area contributed by atoms with E-state index < -0.39 is 37.6 Å². The Morgan fingerprint density at radius 2 is 1.69 bits per heavy atom. The van der Waals surface area contributed by atoms with Gasteiger partial charge in [-0.25, -0.2) is 30.3 Å². The average molecular weight is 582 g/mol. The van der Waals surface area contributed by atoms with Gasteiger partial charge in [0.2, 0.25) is 26.0 Å². The SMILES string of the molecule is C=CS(=O)(=O)NC[C@H]1CCN(S(=O)(=O)c2ccc(C(Cc3ccc(F)c(F)c3)C(=O)N3CCCCC3)cc2)C1. The van der Waals surface area contributed by atoms with Gasteiger partial charge in [-0.3, -0.25) is 4.79 Å². The second-order valence-electron chi connectivity index (χ2n) is 10.0. The van der Waals surface area contributed by atoms with Crippen molar-refractivity contribution >= 4 is 26.0 Å². The van der Waals surface area contributed by atoms with Crippen molar-refractivity contribution in [3.05, 3.63) is 77.2 Å². The van der Waals surface area contributed by atoms with Crippen molar-refractivity contribution in [3.8, 4) is 0 Å². The monoisotopic (exact) mass is 581 g/mol.